The Bertz CT molecular complexity index is 1120. The number of rotatable bonds is 4. The van der Waals surface area contributed by atoms with E-state index in [0.717, 1.165) is 12.1 Å². The highest BCUT2D eigenvalue weighted by Gasteiger charge is 2.36. The van der Waals surface area contributed by atoms with Crippen molar-refractivity contribution in [2.75, 3.05) is 6.61 Å². The van der Waals surface area contributed by atoms with Gasteiger partial charge in [0.1, 0.15) is 22.6 Å². The van der Waals surface area contributed by atoms with Gasteiger partial charge < -0.3 is 4.74 Å². The summed E-state index contributed by atoms with van der Waals surface area (Å²) < 4.78 is 63.4. The molecule has 142 valence electrons. The molecule has 27 heavy (non-hydrogen) atoms. The van der Waals surface area contributed by atoms with Crippen LogP contribution in [0.1, 0.15) is 18.1 Å². The van der Waals surface area contributed by atoms with Crippen molar-refractivity contribution in [3.63, 3.8) is 0 Å². The normalized spacial score (nSPS) is 20.4. The van der Waals surface area contributed by atoms with Crippen molar-refractivity contribution in [2.24, 2.45) is 0 Å². The van der Waals surface area contributed by atoms with E-state index < -0.39 is 33.8 Å². The molecule has 0 aliphatic carbocycles. The highest BCUT2D eigenvalue weighted by atomic mass is 79.9. The van der Waals surface area contributed by atoms with Gasteiger partial charge >= 0.3 is 0 Å². The summed E-state index contributed by atoms with van der Waals surface area (Å²) in [6, 6.07) is 6.36. The fourth-order valence-corrected chi connectivity index (χ4v) is 4.86. The third-order valence-electron chi connectivity index (χ3n) is 4.43. The summed E-state index contributed by atoms with van der Waals surface area (Å²) >= 11 is 2.93. The third-order valence-corrected chi connectivity index (χ3v) is 6.54. The number of aromatic nitrogens is 2. The van der Waals surface area contributed by atoms with Crippen molar-refractivity contribution in [3.8, 4) is 0 Å². The Morgan fingerprint density at radius 3 is 2.89 bits per heavy atom. The first-order valence-electron chi connectivity index (χ1n) is 8.07. The lowest BCUT2D eigenvalue weighted by Gasteiger charge is -2.20. The Labute approximate surface area is 162 Å². The van der Waals surface area contributed by atoms with Crippen LogP contribution in [0.15, 0.2) is 52.1 Å². The van der Waals surface area contributed by atoms with Crippen molar-refractivity contribution in [3.05, 3.63) is 64.4 Å². The average molecular weight is 458 g/mol. The second-order valence-corrected chi connectivity index (χ2v) is 8.67. The molecule has 1 aliphatic rings. The molecule has 10 heteroatoms. The molecule has 2 unspecified atom stereocenters. The molecule has 4 rings (SSSR count). The SMILES string of the molecule is O=S(=O)(NC1CCOC1c1cc(F)c(Br)cc1F)c1cnn2ccccc12. The largest absolute Gasteiger partial charge is 0.372 e. The Kier molecular flexibility index (Phi) is 4.75. The van der Waals surface area contributed by atoms with E-state index in [-0.39, 0.29) is 21.5 Å². The number of nitrogens with one attached hydrogen (secondary N) is 1. The van der Waals surface area contributed by atoms with Crippen LogP contribution in [-0.4, -0.2) is 30.7 Å². The quantitative estimate of drug-likeness (QED) is 0.610. The Balaban J connectivity index is 1.66. The minimum absolute atomic E-state index is 0.00904. The topological polar surface area (TPSA) is 72.7 Å². The van der Waals surface area contributed by atoms with Crippen LogP contribution in [-0.2, 0) is 14.8 Å². The highest BCUT2D eigenvalue weighted by molar-refractivity contribution is 9.10. The first-order chi connectivity index (χ1) is 12.9. The maximum Gasteiger partial charge on any atom is 0.244 e. The number of hydrogen-bond donors (Lipinski definition) is 1. The summed E-state index contributed by atoms with van der Waals surface area (Å²) in [5.41, 5.74) is 0.391. The van der Waals surface area contributed by atoms with Gasteiger partial charge in [0.2, 0.25) is 10.0 Å². The van der Waals surface area contributed by atoms with Gasteiger partial charge in [-0.15, -0.1) is 0 Å². The summed E-state index contributed by atoms with van der Waals surface area (Å²) in [4.78, 5) is 0.0104. The van der Waals surface area contributed by atoms with E-state index in [1.807, 2.05) is 0 Å². The molecule has 0 saturated carbocycles. The second-order valence-electron chi connectivity index (χ2n) is 6.13. The van der Waals surface area contributed by atoms with Crippen LogP contribution in [0.5, 0.6) is 0 Å². The van der Waals surface area contributed by atoms with Gasteiger partial charge in [0.05, 0.1) is 22.2 Å². The molecule has 1 fully saturated rings. The molecule has 3 heterocycles. The molecule has 1 saturated heterocycles. The summed E-state index contributed by atoms with van der Waals surface area (Å²) in [7, 11) is -3.94. The van der Waals surface area contributed by atoms with E-state index in [9.17, 15) is 17.2 Å². The smallest absolute Gasteiger partial charge is 0.244 e. The molecular formula is C17H14BrF2N3O3S. The van der Waals surface area contributed by atoms with E-state index in [1.54, 1.807) is 24.4 Å². The van der Waals surface area contributed by atoms with Crippen LogP contribution in [0.25, 0.3) is 5.52 Å². The van der Waals surface area contributed by atoms with Crippen molar-refractivity contribution in [2.45, 2.75) is 23.5 Å². The van der Waals surface area contributed by atoms with Crippen LogP contribution >= 0.6 is 15.9 Å². The van der Waals surface area contributed by atoms with Crippen molar-refractivity contribution in [1.82, 2.24) is 14.3 Å². The number of pyridine rings is 1. The molecule has 3 aromatic rings. The van der Waals surface area contributed by atoms with Gasteiger partial charge in [-0.2, -0.15) is 5.10 Å². The Morgan fingerprint density at radius 1 is 1.26 bits per heavy atom. The predicted octanol–water partition coefficient (Wildman–Crippen LogP) is 3.18. The molecule has 2 atom stereocenters. The van der Waals surface area contributed by atoms with E-state index >= 15 is 0 Å². The molecule has 6 nitrogen and oxygen atoms in total. The number of nitrogens with zero attached hydrogens (tertiary/aromatic N) is 2. The standard InChI is InChI=1S/C17H14BrF2N3O3S/c18-11-8-12(19)10(7-13(11)20)17-14(4-6-26-17)22-27(24,25)16-9-21-23-5-2-1-3-15(16)23/h1-3,5,7-9,14,17,22H,4,6H2. The van der Waals surface area contributed by atoms with E-state index in [1.165, 1.54) is 10.7 Å². The predicted molar refractivity (Wildman–Crippen MR) is 96.7 cm³/mol. The molecule has 2 aromatic heterocycles. The Hall–Kier alpha value is -1.88. The fraction of sp³-hybridized carbons (Fsp3) is 0.235. The van der Waals surface area contributed by atoms with Gasteiger partial charge in [-0.25, -0.2) is 26.4 Å². The lowest BCUT2D eigenvalue weighted by atomic mass is 10.0. The van der Waals surface area contributed by atoms with Crippen molar-refractivity contribution < 1.29 is 21.9 Å². The molecule has 0 bridgehead atoms. The molecule has 1 aromatic carbocycles. The third kappa shape index (κ3) is 3.38. The number of fused-ring (bicyclic) bond motifs is 1. The van der Waals surface area contributed by atoms with Gasteiger partial charge in [0, 0.05) is 18.4 Å². The number of ether oxygens (including phenoxy) is 1. The first-order valence-corrected chi connectivity index (χ1v) is 10.4. The van der Waals surface area contributed by atoms with Crippen molar-refractivity contribution in [1.29, 1.82) is 0 Å². The summed E-state index contributed by atoms with van der Waals surface area (Å²) in [6.45, 7) is 0.226. The number of hydrogen-bond acceptors (Lipinski definition) is 4. The molecule has 0 amide bonds. The Morgan fingerprint density at radius 2 is 2.07 bits per heavy atom. The zero-order chi connectivity index (χ0) is 19.2. The summed E-state index contributed by atoms with van der Waals surface area (Å²) in [5, 5.41) is 4.02. The van der Waals surface area contributed by atoms with Gasteiger partial charge in [-0.3, -0.25) is 0 Å². The molecular weight excluding hydrogens is 444 g/mol. The van der Waals surface area contributed by atoms with Crippen molar-refractivity contribution >= 4 is 31.5 Å². The molecule has 1 aliphatic heterocycles. The number of sulfonamides is 1. The minimum Gasteiger partial charge on any atom is -0.372 e. The van der Waals surface area contributed by atoms with Gasteiger partial charge in [0.25, 0.3) is 0 Å². The monoisotopic (exact) mass is 457 g/mol. The number of halogens is 3. The maximum absolute atomic E-state index is 14.3. The average Bonchev–Trinajstić information content (AvgIpc) is 3.25. The molecule has 0 radical (unpaired) electrons. The summed E-state index contributed by atoms with van der Waals surface area (Å²) in [6.07, 6.45) is 2.29. The van der Waals surface area contributed by atoms with Crippen LogP contribution in [0.4, 0.5) is 8.78 Å². The molecule has 1 N–H and O–H groups in total. The van der Waals surface area contributed by atoms with Gasteiger partial charge in [-0.1, -0.05) is 6.07 Å². The maximum atomic E-state index is 14.3. The lowest BCUT2D eigenvalue weighted by molar-refractivity contribution is 0.0991. The fourth-order valence-electron chi connectivity index (χ4n) is 3.15. The van der Waals surface area contributed by atoms with Gasteiger partial charge in [0.15, 0.2) is 0 Å². The van der Waals surface area contributed by atoms with Crippen LogP contribution in [0, 0.1) is 11.6 Å². The van der Waals surface area contributed by atoms with Crippen LogP contribution in [0.3, 0.4) is 0 Å². The zero-order valence-corrected chi connectivity index (χ0v) is 16.2. The molecule has 0 spiro atoms. The van der Waals surface area contributed by atoms with Crippen LogP contribution < -0.4 is 4.72 Å². The van der Waals surface area contributed by atoms with E-state index in [2.05, 4.69) is 25.8 Å². The van der Waals surface area contributed by atoms with E-state index in [0.29, 0.717) is 11.9 Å². The second kappa shape index (κ2) is 6.93. The lowest BCUT2D eigenvalue weighted by Crippen LogP contribution is -2.37. The van der Waals surface area contributed by atoms with Crippen LogP contribution in [0.2, 0.25) is 0 Å². The zero-order valence-electron chi connectivity index (χ0n) is 13.8. The number of benzene rings is 1. The van der Waals surface area contributed by atoms with Gasteiger partial charge in [-0.05, 0) is 46.6 Å². The first kappa shape index (κ1) is 18.5. The highest BCUT2D eigenvalue weighted by Crippen LogP contribution is 2.34. The minimum atomic E-state index is -3.94. The van der Waals surface area contributed by atoms with E-state index in [4.69, 9.17) is 4.74 Å². The summed E-state index contributed by atoms with van der Waals surface area (Å²) in [5.74, 6) is -1.32.